The van der Waals surface area contributed by atoms with Crippen molar-refractivity contribution >= 4 is 29.4 Å². The molecule has 2 aliphatic rings. The van der Waals surface area contributed by atoms with E-state index in [1.54, 1.807) is 17.9 Å². The summed E-state index contributed by atoms with van der Waals surface area (Å²) in [7, 11) is 0. The third-order valence-electron chi connectivity index (χ3n) is 4.64. The molecule has 0 saturated carbocycles. The first-order chi connectivity index (χ1) is 10.4. The first kappa shape index (κ1) is 15.3. The number of carbonyl (C=O) groups is 2. The number of nitrogens with zero attached hydrogens (tertiary/aromatic N) is 3. The number of pyridine rings is 1. The molecule has 5 nitrogen and oxygen atoms in total. The van der Waals surface area contributed by atoms with Crippen molar-refractivity contribution in [1.29, 1.82) is 0 Å². The molecule has 1 aromatic rings. The number of imide groups is 1. The minimum absolute atomic E-state index is 0.156. The van der Waals surface area contributed by atoms with Gasteiger partial charge < -0.3 is 4.90 Å². The summed E-state index contributed by atoms with van der Waals surface area (Å²) in [5.41, 5.74) is 1.36. The number of aryl methyl sites for hydroxylation is 2. The Morgan fingerprint density at radius 3 is 2.68 bits per heavy atom. The number of hydrogen-bond acceptors (Lipinski definition) is 3. The largest absolute Gasteiger partial charge is 0.333 e. The maximum absolute atomic E-state index is 12.7. The molecule has 0 aromatic carbocycles. The minimum atomic E-state index is -0.338. The zero-order valence-corrected chi connectivity index (χ0v) is 13.9. The van der Waals surface area contributed by atoms with Crippen molar-refractivity contribution in [3.8, 4) is 0 Å². The molecule has 3 rings (SSSR count). The Kier molecular flexibility index (Phi) is 3.85. The number of aromatic nitrogens is 1. The Bertz CT molecular complexity index is 621. The fourth-order valence-electron chi connectivity index (χ4n) is 3.20. The van der Waals surface area contributed by atoms with Gasteiger partial charge in [0.25, 0.3) is 5.91 Å². The highest BCUT2D eigenvalue weighted by molar-refractivity contribution is 6.31. The normalized spacial score (nSPS) is 25.5. The maximum atomic E-state index is 12.7. The van der Waals surface area contributed by atoms with Crippen molar-refractivity contribution in [2.24, 2.45) is 5.92 Å². The van der Waals surface area contributed by atoms with Gasteiger partial charge in [0.05, 0.1) is 10.7 Å². The lowest BCUT2D eigenvalue weighted by molar-refractivity contribution is -0.119. The molecular weight excluding hydrogens is 302 g/mol. The lowest BCUT2D eigenvalue weighted by Gasteiger charge is -2.19. The van der Waals surface area contributed by atoms with Crippen molar-refractivity contribution in [3.05, 3.63) is 22.3 Å². The van der Waals surface area contributed by atoms with Crippen LogP contribution in [0.15, 0.2) is 6.07 Å². The SMILES string of the molecule is Cc1cc(Cl)c(C)nc1N1C(=O)C2CCC(C)CCN2C1=O. The third-order valence-corrected chi connectivity index (χ3v) is 5.02. The molecule has 0 bridgehead atoms. The molecule has 6 heteroatoms. The van der Waals surface area contributed by atoms with E-state index in [4.69, 9.17) is 11.6 Å². The van der Waals surface area contributed by atoms with Crippen LogP contribution in [0.1, 0.15) is 37.4 Å². The van der Waals surface area contributed by atoms with Gasteiger partial charge in [0.15, 0.2) is 0 Å². The number of carbonyl (C=O) groups excluding carboxylic acids is 2. The first-order valence-corrected chi connectivity index (χ1v) is 8.06. The zero-order chi connectivity index (χ0) is 16.0. The molecule has 3 amide bonds. The first-order valence-electron chi connectivity index (χ1n) is 7.68. The third kappa shape index (κ3) is 2.37. The van der Waals surface area contributed by atoms with E-state index in [1.165, 1.54) is 4.90 Å². The fourth-order valence-corrected chi connectivity index (χ4v) is 3.40. The van der Waals surface area contributed by atoms with Gasteiger partial charge in [-0.05, 0) is 50.7 Å². The van der Waals surface area contributed by atoms with E-state index in [0.717, 1.165) is 24.8 Å². The number of rotatable bonds is 1. The van der Waals surface area contributed by atoms with E-state index in [9.17, 15) is 9.59 Å². The minimum Gasteiger partial charge on any atom is -0.312 e. The van der Waals surface area contributed by atoms with Crippen LogP contribution >= 0.6 is 11.6 Å². The molecule has 0 radical (unpaired) electrons. The summed E-state index contributed by atoms with van der Waals surface area (Å²) < 4.78 is 0. The molecule has 118 valence electrons. The molecule has 1 aromatic heterocycles. The Balaban J connectivity index is 1.98. The van der Waals surface area contributed by atoms with Gasteiger partial charge in [0, 0.05) is 6.54 Å². The van der Waals surface area contributed by atoms with E-state index >= 15 is 0 Å². The van der Waals surface area contributed by atoms with Gasteiger partial charge in [0.2, 0.25) is 0 Å². The van der Waals surface area contributed by atoms with Crippen molar-refractivity contribution in [2.75, 3.05) is 11.4 Å². The number of anilines is 1. The predicted molar refractivity (Wildman–Crippen MR) is 85.1 cm³/mol. The van der Waals surface area contributed by atoms with Crippen LogP contribution in [0.4, 0.5) is 10.6 Å². The van der Waals surface area contributed by atoms with E-state index < -0.39 is 0 Å². The van der Waals surface area contributed by atoms with E-state index in [0.29, 0.717) is 29.0 Å². The van der Waals surface area contributed by atoms with Gasteiger partial charge >= 0.3 is 6.03 Å². The van der Waals surface area contributed by atoms with Crippen LogP contribution in [0.25, 0.3) is 0 Å². The van der Waals surface area contributed by atoms with Crippen molar-refractivity contribution in [2.45, 2.75) is 46.1 Å². The highest BCUT2D eigenvalue weighted by Crippen LogP contribution is 2.33. The quantitative estimate of drug-likeness (QED) is 0.746. The second-order valence-corrected chi connectivity index (χ2v) is 6.74. The molecule has 3 heterocycles. The summed E-state index contributed by atoms with van der Waals surface area (Å²) in [6.07, 6.45) is 2.64. The van der Waals surface area contributed by atoms with Crippen molar-refractivity contribution in [3.63, 3.8) is 0 Å². The average molecular weight is 322 g/mol. The summed E-state index contributed by atoms with van der Waals surface area (Å²) in [5, 5.41) is 0.545. The highest BCUT2D eigenvalue weighted by Gasteiger charge is 2.47. The maximum Gasteiger partial charge on any atom is 0.333 e. The number of fused-ring (bicyclic) bond motifs is 1. The van der Waals surface area contributed by atoms with Crippen LogP contribution < -0.4 is 4.90 Å². The molecule has 22 heavy (non-hydrogen) atoms. The van der Waals surface area contributed by atoms with Gasteiger partial charge in [-0.1, -0.05) is 18.5 Å². The smallest absolute Gasteiger partial charge is 0.312 e. The summed E-state index contributed by atoms with van der Waals surface area (Å²) >= 11 is 6.06. The summed E-state index contributed by atoms with van der Waals surface area (Å²) in [5.74, 6) is 0.812. The van der Waals surface area contributed by atoms with Crippen LogP contribution in [-0.4, -0.2) is 34.4 Å². The second kappa shape index (κ2) is 5.54. The van der Waals surface area contributed by atoms with Crippen LogP contribution in [0.3, 0.4) is 0 Å². The monoisotopic (exact) mass is 321 g/mol. The predicted octanol–water partition coefficient (Wildman–Crippen LogP) is 3.31. The molecule has 0 N–H and O–H groups in total. The second-order valence-electron chi connectivity index (χ2n) is 6.33. The van der Waals surface area contributed by atoms with Gasteiger partial charge in [-0.15, -0.1) is 0 Å². The van der Waals surface area contributed by atoms with Crippen LogP contribution in [0.5, 0.6) is 0 Å². The Morgan fingerprint density at radius 1 is 1.23 bits per heavy atom. The van der Waals surface area contributed by atoms with Gasteiger partial charge in [-0.3, -0.25) is 4.79 Å². The Morgan fingerprint density at radius 2 is 1.95 bits per heavy atom. The lowest BCUT2D eigenvalue weighted by Crippen LogP contribution is -2.35. The number of halogens is 1. The molecule has 2 atom stereocenters. The number of amides is 3. The molecule has 0 aliphatic carbocycles. The van der Waals surface area contributed by atoms with E-state index in [1.807, 2.05) is 6.92 Å². The summed E-state index contributed by atoms with van der Waals surface area (Å²) in [6, 6.07) is 1.17. The van der Waals surface area contributed by atoms with Crippen LogP contribution in [0.2, 0.25) is 5.02 Å². The summed E-state index contributed by atoms with van der Waals surface area (Å²) in [4.78, 5) is 32.8. The van der Waals surface area contributed by atoms with Gasteiger partial charge in [-0.2, -0.15) is 0 Å². The Labute approximate surface area is 135 Å². The van der Waals surface area contributed by atoms with Crippen molar-refractivity contribution < 1.29 is 9.59 Å². The highest BCUT2D eigenvalue weighted by atomic mass is 35.5. The Hall–Kier alpha value is -1.62. The molecule has 2 fully saturated rings. The van der Waals surface area contributed by atoms with Gasteiger partial charge in [0.1, 0.15) is 11.9 Å². The lowest BCUT2D eigenvalue weighted by atomic mass is 10.0. The van der Waals surface area contributed by atoms with Crippen molar-refractivity contribution in [1.82, 2.24) is 9.88 Å². The molecular formula is C16H20ClN3O2. The molecule has 2 aliphatic heterocycles. The molecule has 2 saturated heterocycles. The molecule has 2 unspecified atom stereocenters. The van der Waals surface area contributed by atoms with Gasteiger partial charge in [-0.25, -0.2) is 14.7 Å². The summed E-state index contributed by atoms with van der Waals surface area (Å²) in [6.45, 7) is 6.40. The van der Waals surface area contributed by atoms with E-state index in [-0.39, 0.29) is 18.0 Å². The average Bonchev–Trinajstić information content (AvgIpc) is 2.61. The van der Waals surface area contributed by atoms with Crippen LogP contribution in [-0.2, 0) is 4.79 Å². The van der Waals surface area contributed by atoms with Crippen LogP contribution in [0, 0.1) is 19.8 Å². The number of hydrogen-bond donors (Lipinski definition) is 0. The number of urea groups is 1. The zero-order valence-electron chi connectivity index (χ0n) is 13.1. The van der Waals surface area contributed by atoms with E-state index in [2.05, 4.69) is 11.9 Å². The standard InChI is InChI=1S/C16H20ClN3O2/c1-9-4-5-13-15(21)20(16(22)19(13)7-6-9)14-10(2)8-12(17)11(3)18-14/h8-9,13H,4-7H2,1-3H3. The fraction of sp³-hybridized carbons (Fsp3) is 0.562. The topological polar surface area (TPSA) is 53.5 Å². The molecule has 0 spiro atoms.